The molecular weight excluding hydrogens is 328 g/mol. The molecule has 1 heterocycles. The van der Waals surface area contributed by atoms with Crippen molar-refractivity contribution in [3.63, 3.8) is 0 Å². The van der Waals surface area contributed by atoms with E-state index in [9.17, 15) is 0 Å². The first-order valence-corrected chi connectivity index (χ1v) is 11.4. The lowest BCUT2D eigenvalue weighted by Crippen LogP contribution is -2.41. The van der Waals surface area contributed by atoms with Gasteiger partial charge in [0.15, 0.2) is 0 Å². The molecule has 0 N–H and O–H groups in total. The molecule has 26 heavy (non-hydrogen) atoms. The van der Waals surface area contributed by atoms with Gasteiger partial charge in [0.05, 0.1) is 38.6 Å². The van der Waals surface area contributed by atoms with Crippen LogP contribution in [0.25, 0.3) is 0 Å². The Bertz CT molecular complexity index is 336. The molecule has 0 aromatic rings. The molecule has 3 fully saturated rings. The van der Waals surface area contributed by atoms with Gasteiger partial charge in [-0.2, -0.15) is 0 Å². The minimum atomic E-state index is 0.0942. The SMILES string of the molecule is C1CCCCC(OCC2COC(COC3CCCCCC3)CO2)CCC1. The van der Waals surface area contributed by atoms with Gasteiger partial charge >= 0.3 is 0 Å². The summed E-state index contributed by atoms with van der Waals surface area (Å²) in [5, 5.41) is 0. The van der Waals surface area contributed by atoms with Crippen molar-refractivity contribution >= 4 is 0 Å². The van der Waals surface area contributed by atoms with Gasteiger partial charge in [-0.3, -0.25) is 0 Å². The molecule has 1 aliphatic heterocycles. The van der Waals surface area contributed by atoms with Crippen molar-refractivity contribution in [1.82, 2.24) is 0 Å². The first kappa shape index (κ1) is 20.6. The second-order valence-corrected chi connectivity index (χ2v) is 8.51. The third kappa shape index (κ3) is 7.84. The van der Waals surface area contributed by atoms with E-state index in [-0.39, 0.29) is 12.2 Å². The predicted molar refractivity (Wildman–Crippen MR) is 104 cm³/mol. The van der Waals surface area contributed by atoms with Gasteiger partial charge in [-0.05, 0) is 25.7 Å². The summed E-state index contributed by atoms with van der Waals surface area (Å²) in [6.07, 6.45) is 19.4. The van der Waals surface area contributed by atoms with E-state index in [1.807, 2.05) is 0 Å². The minimum absolute atomic E-state index is 0.0942. The molecule has 4 nitrogen and oxygen atoms in total. The van der Waals surface area contributed by atoms with Gasteiger partial charge in [0.25, 0.3) is 0 Å². The van der Waals surface area contributed by atoms with Crippen LogP contribution in [0.1, 0.15) is 89.9 Å². The lowest BCUT2D eigenvalue weighted by Gasteiger charge is -2.31. The fourth-order valence-electron chi connectivity index (χ4n) is 4.43. The largest absolute Gasteiger partial charge is 0.375 e. The molecule has 1 saturated heterocycles. The monoisotopic (exact) mass is 368 g/mol. The molecule has 2 aliphatic carbocycles. The number of hydrogen-bond donors (Lipinski definition) is 0. The fraction of sp³-hybridized carbons (Fsp3) is 1.00. The molecule has 0 radical (unpaired) electrons. The fourth-order valence-corrected chi connectivity index (χ4v) is 4.43. The third-order valence-corrected chi connectivity index (χ3v) is 6.18. The lowest BCUT2D eigenvalue weighted by molar-refractivity contribution is -0.176. The van der Waals surface area contributed by atoms with Gasteiger partial charge in [-0.15, -0.1) is 0 Å². The van der Waals surface area contributed by atoms with Crippen LogP contribution in [-0.4, -0.2) is 50.8 Å². The Kier molecular flexibility index (Phi) is 9.75. The Morgan fingerprint density at radius 2 is 0.846 bits per heavy atom. The molecule has 0 bridgehead atoms. The van der Waals surface area contributed by atoms with Crippen molar-refractivity contribution in [1.29, 1.82) is 0 Å². The first-order valence-electron chi connectivity index (χ1n) is 11.4. The van der Waals surface area contributed by atoms with Crippen LogP contribution >= 0.6 is 0 Å². The molecule has 0 amide bonds. The van der Waals surface area contributed by atoms with Gasteiger partial charge in [0.1, 0.15) is 12.2 Å². The van der Waals surface area contributed by atoms with Crippen molar-refractivity contribution < 1.29 is 18.9 Å². The normalized spacial score (nSPS) is 30.9. The average molecular weight is 369 g/mol. The number of ether oxygens (including phenoxy) is 4. The van der Waals surface area contributed by atoms with Gasteiger partial charge < -0.3 is 18.9 Å². The first-order chi connectivity index (χ1) is 12.9. The standard InChI is InChI=1S/C22H40O4/c1-2-4-8-12-19(11-7-3-1)23-15-21-17-26-22(18-25-21)16-24-20-13-9-5-6-10-14-20/h19-22H,1-18H2. The zero-order valence-electron chi connectivity index (χ0n) is 16.7. The third-order valence-electron chi connectivity index (χ3n) is 6.18. The van der Waals surface area contributed by atoms with E-state index in [1.165, 1.54) is 89.9 Å². The molecule has 2 atom stereocenters. The number of hydrogen-bond acceptors (Lipinski definition) is 4. The molecule has 0 aromatic heterocycles. The summed E-state index contributed by atoms with van der Waals surface area (Å²) >= 11 is 0. The zero-order chi connectivity index (χ0) is 17.9. The molecule has 4 heteroatoms. The van der Waals surface area contributed by atoms with E-state index in [0.29, 0.717) is 38.6 Å². The second-order valence-electron chi connectivity index (χ2n) is 8.51. The van der Waals surface area contributed by atoms with Crippen LogP contribution in [-0.2, 0) is 18.9 Å². The predicted octanol–water partition coefficient (Wildman–Crippen LogP) is 5.03. The minimum Gasteiger partial charge on any atom is -0.375 e. The molecular formula is C22H40O4. The van der Waals surface area contributed by atoms with E-state index in [1.54, 1.807) is 0 Å². The van der Waals surface area contributed by atoms with Crippen molar-refractivity contribution in [3.8, 4) is 0 Å². The second kappa shape index (κ2) is 12.3. The highest BCUT2D eigenvalue weighted by Gasteiger charge is 2.25. The van der Waals surface area contributed by atoms with Gasteiger partial charge in [-0.25, -0.2) is 0 Å². The summed E-state index contributed by atoms with van der Waals surface area (Å²) in [7, 11) is 0. The summed E-state index contributed by atoms with van der Waals surface area (Å²) in [6, 6.07) is 0. The maximum Gasteiger partial charge on any atom is 0.104 e. The summed E-state index contributed by atoms with van der Waals surface area (Å²) in [4.78, 5) is 0. The Morgan fingerprint density at radius 3 is 1.19 bits per heavy atom. The summed E-state index contributed by atoms with van der Waals surface area (Å²) in [5.41, 5.74) is 0. The Balaban J connectivity index is 1.27. The summed E-state index contributed by atoms with van der Waals surface area (Å²) < 4.78 is 24.3. The Morgan fingerprint density at radius 1 is 0.500 bits per heavy atom. The molecule has 2 saturated carbocycles. The van der Waals surface area contributed by atoms with Crippen LogP contribution in [0.2, 0.25) is 0 Å². The summed E-state index contributed by atoms with van der Waals surface area (Å²) in [6.45, 7) is 2.65. The van der Waals surface area contributed by atoms with Crippen molar-refractivity contribution in [2.45, 2.75) is 114 Å². The van der Waals surface area contributed by atoms with E-state index < -0.39 is 0 Å². The highest BCUT2D eigenvalue weighted by molar-refractivity contribution is 4.71. The maximum absolute atomic E-state index is 6.18. The maximum atomic E-state index is 6.18. The molecule has 3 rings (SSSR count). The number of rotatable bonds is 6. The lowest BCUT2D eigenvalue weighted by atomic mass is 10.1. The van der Waals surface area contributed by atoms with Crippen molar-refractivity contribution in [2.24, 2.45) is 0 Å². The van der Waals surface area contributed by atoms with Crippen LogP contribution in [0, 0.1) is 0 Å². The Hall–Kier alpha value is -0.160. The van der Waals surface area contributed by atoms with Crippen LogP contribution in [0.4, 0.5) is 0 Å². The van der Waals surface area contributed by atoms with Gasteiger partial charge in [-0.1, -0.05) is 64.2 Å². The summed E-state index contributed by atoms with van der Waals surface area (Å²) in [5.74, 6) is 0. The van der Waals surface area contributed by atoms with Gasteiger partial charge in [0.2, 0.25) is 0 Å². The smallest absolute Gasteiger partial charge is 0.104 e. The Labute approximate surface area is 160 Å². The zero-order valence-corrected chi connectivity index (χ0v) is 16.7. The highest BCUT2D eigenvalue weighted by atomic mass is 16.6. The molecule has 152 valence electrons. The van der Waals surface area contributed by atoms with Crippen LogP contribution in [0.3, 0.4) is 0 Å². The van der Waals surface area contributed by atoms with E-state index in [4.69, 9.17) is 18.9 Å². The van der Waals surface area contributed by atoms with Crippen molar-refractivity contribution in [2.75, 3.05) is 26.4 Å². The molecule has 0 aromatic carbocycles. The van der Waals surface area contributed by atoms with Gasteiger partial charge in [0, 0.05) is 0 Å². The van der Waals surface area contributed by atoms with E-state index >= 15 is 0 Å². The van der Waals surface area contributed by atoms with Crippen LogP contribution in [0.15, 0.2) is 0 Å². The topological polar surface area (TPSA) is 36.9 Å². The van der Waals surface area contributed by atoms with Crippen molar-refractivity contribution in [3.05, 3.63) is 0 Å². The highest BCUT2D eigenvalue weighted by Crippen LogP contribution is 2.22. The quantitative estimate of drug-likeness (QED) is 0.616. The van der Waals surface area contributed by atoms with Crippen LogP contribution in [0.5, 0.6) is 0 Å². The molecule has 2 unspecified atom stereocenters. The average Bonchev–Trinajstić information content (AvgIpc) is 2.86. The van der Waals surface area contributed by atoms with E-state index in [2.05, 4.69) is 0 Å². The van der Waals surface area contributed by atoms with Crippen LogP contribution < -0.4 is 0 Å². The molecule has 3 aliphatic rings. The van der Waals surface area contributed by atoms with E-state index in [0.717, 1.165) is 0 Å². The molecule has 0 spiro atoms.